The van der Waals surface area contributed by atoms with Crippen LogP contribution in [0.25, 0.3) is 21.9 Å². The second kappa shape index (κ2) is 6.48. The van der Waals surface area contributed by atoms with Crippen molar-refractivity contribution in [2.24, 2.45) is 0 Å². The minimum atomic E-state index is -0.438. The van der Waals surface area contributed by atoms with E-state index in [0.717, 1.165) is 16.5 Å². The largest absolute Gasteiger partial charge is 0.422 e. The summed E-state index contributed by atoms with van der Waals surface area (Å²) in [6, 6.07) is 12.7. The highest BCUT2D eigenvalue weighted by Crippen LogP contribution is 2.26. The molecule has 4 aromatic rings. The van der Waals surface area contributed by atoms with E-state index in [0.29, 0.717) is 29.8 Å². The Morgan fingerprint density at radius 3 is 2.81 bits per heavy atom. The van der Waals surface area contributed by atoms with E-state index < -0.39 is 5.63 Å². The van der Waals surface area contributed by atoms with Crippen LogP contribution in [0.5, 0.6) is 0 Å². The Bertz CT molecular complexity index is 1160. The molecule has 0 saturated carbocycles. The maximum atomic E-state index is 12.7. The number of aromatic nitrogens is 2. The molecular weight excluding hydrogens is 330 g/mol. The lowest BCUT2D eigenvalue weighted by molar-refractivity contribution is 0.0942. The molecule has 26 heavy (non-hydrogen) atoms. The van der Waals surface area contributed by atoms with E-state index >= 15 is 0 Å². The molecule has 0 radical (unpaired) electrons. The molecule has 3 aromatic heterocycles. The number of hydrogen-bond acceptors (Lipinski definition) is 4. The van der Waals surface area contributed by atoms with Gasteiger partial charge in [-0.1, -0.05) is 18.2 Å². The zero-order valence-corrected chi connectivity index (χ0v) is 14.2. The molecule has 0 aliphatic heterocycles. The normalized spacial score (nSPS) is 11.1. The van der Waals surface area contributed by atoms with Crippen molar-refractivity contribution in [1.82, 2.24) is 14.9 Å². The van der Waals surface area contributed by atoms with Crippen LogP contribution < -0.4 is 10.9 Å². The van der Waals surface area contributed by atoms with E-state index in [2.05, 4.69) is 10.3 Å². The van der Waals surface area contributed by atoms with E-state index in [4.69, 9.17) is 4.42 Å². The highest BCUT2D eigenvalue weighted by Gasteiger charge is 2.19. The molecular formula is C20H17N3O3. The maximum absolute atomic E-state index is 12.7. The summed E-state index contributed by atoms with van der Waals surface area (Å²) in [5.41, 5.74) is 2.15. The molecule has 0 aliphatic carbocycles. The van der Waals surface area contributed by atoms with E-state index in [-0.39, 0.29) is 5.91 Å². The Kier molecular flexibility index (Phi) is 4.01. The molecule has 0 spiro atoms. The predicted molar refractivity (Wildman–Crippen MR) is 99.1 cm³/mol. The first-order chi connectivity index (χ1) is 12.7. The first-order valence-electron chi connectivity index (χ1n) is 8.41. The number of benzene rings is 1. The van der Waals surface area contributed by atoms with Crippen molar-refractivity contribution in [3.8, 4) is 0 Å². The number of para-hydroxylation sites is 1. The molecule has 1 amide bonds. The van der Waals surface area contributed by atoms with Gasteiger partial charge >= 0.3 is 5.63 Å². The summed E-state index contributed by atoms with van der Waals surface area (Å²) in [5.74, 6) is -0.240. The summed E-state index contributed by atoms with van der Waals surface area (Å²) in [6.45, 7) is 2.88. The summed E-state index contributed by atoms with van der Waals surface area (Å²) in [6.07, 6.45) is 3.39. The molecule has 0 fully saturated rings. The van der Waals surface area contributed by atoms with Gasteiger partial charge < -0.3 is 14.3 Å². The van der Waals surface area contributed by atoms with Crippen LogP contribution in [0.4, 0.5) is 0 Å². The van der Waals surface area contributed by atoms with Crippen LogP contribution in [0.2, 0.25) is 0 Å². The van der Waals surface area contributed by atoms with Crippen molar-refractivity contribution in [3.63, 3.8) is 0 Å². The minimum Gasteiger partial charge on any atom is -0.422 e. The molecule has 0 saturated heterocycles. The van der Waals surface area contributed by atoms with Gasteiger partial charge in [-0.05, 0) is 36.8 Å². The van der Waals surface area contributed by atoms with Gasteiger partial charge in [0.25, 0.3) is 5.91 Å². The van der Waals surface area contributed by atoms with Crippen molar-refractivity contribution in [1.29, 1.82) is 0 Å². The highest BCUT2D eigenvalue weighted by atomic mass is 16.4. The van der Waals surface area contributed by atoms with E-state index in [1.165, 1.54) is 0 Å². The van der Waals surface area contributed by atoms with Crippen molar-refractivity contribution < 1.29 is 9.21 Å². The van der Waals surface area contributed by atoms with Gasteiger partial charge in [-0.2, -0.15) is 0 Å². The van der Waals surface area contributed by atoms with E-state index in [1.54, 1.807) is 24.5 Å². The highest BCUT2D eigenvalue weighted by molar-refractivity contribution is 6.07. The molecule has 1 aromatic carbocycles. The number of carbonyl (C=O) groups excluding carboxylic acids is 1. The Morgan fingerprint density at radius 1 is 1.19 bits per heavy atom. The first-order valence-corrected chi connectivity index (χ1v) is 8.41. The van der Waals surface area contributed by atoms with Crippen LogP contribution in [0.1, 0.15) is 23.0 Å². The number of carbonyl (C=O) groups is 1. The molecule has 130 valence electrons. The van der Waals surface area contributed by atoms with Crippen LogP contribution in [0.3, 0.4) is 0 Å². The standard InChI is InChI=1S/C20H17N3O3/c1-2-23-16(19(24)22-12-13-6-5-9-21-11-13)10-15-18(23)14-7-3-4-8-17(14)26-20(15)25/h3-11H,2,12H2,1H3,(H,22,24). The number of fused-ring (bicyclic) bond motifs is 3. The zero-order valence-electron chi connectivity index (χ0n) is 14.2. The number of rotatable bonds is 4. The third-order valence-corrected chi connectivity index (χ3v) is 4.39. The molecule has 0 bridgehead atoms. The van der Waals surface area contributed by atoms with Crippen molar-refractivity contribution in [2.75, 3.05) is 0 Å². The number of nitrogens with zero attached hydrogens (tertiary/aromatic N) is 2. The fourth-order valence-electron chi connectivity index (χ4n) is 3.19. The molecule has 0 aliphatic rings. The van der Waals surface area contributed by atoms with Gasteiger partial charge in [-0.3, -0.25) is 9.78 Å². The van der Waals surface area contributed by atoms with Gasteiger partial charge in [0.2, 0.25) is 0 Å². The third kappa shape index (κ3) is 2.65. The van der Waals surface area contributed by atoms with Crippen molar-refractivity contribution in [2.45, 2.75) is 20.0 Å². The zero-order chi connectivity index (χ0) is 18.1. The quantitative estimate of drug-likeness (QED) is 0.576. The molecule has 4 rings (SSSR count). The fourth-order valence-corrected chi connectivity index (χ4v) is 3.19. The lowest BCUT2D eigenvalue weighted by Gasteiger charge is -2.09. The molecule has 0 atom stereocenters. The number of amides is 1. The Labute approximate surface area is 149 Å². The lowest BCUT2D eigenvalue weighted by Crippen LogP contribution is -2.25. The summed E-state index contributed by atoms with van der Waals surface area (Å²) in [4.78, 5) is 29.1. The number of aryl methyl sites for hydroxylation is 1. The van der Waals surface area contributed by atoms with Gasteiger partial charge in [-0.25, -0.2) is 4.79 Å². The topological polar surface area (TPSA) is 77.1 Å². The fraction of sp³-hybridized carbons (Fsp3) is 0.150. The van der Waals surface area contributed by atoms with Crippen LogP contribution in [0.15, 0.2) is 64.1 Å². The van der Waals surface area contributed by atoms with Crippen molar-refractivity contribution >= 4 is 27.8 Å². The summed E-state index contributed by atoms with van der Waals surface area (Å²) >= 11 is 0. The summed E-state index contributed by atoms with van der Waals surface area (Å²) in [7, 11) is 0. The van der Waals surface area contributed by atoms with Gasteiger partial charge in [0.1, 0.15) is 11.3 Å². The number of nitrogens with one attached hydrogen (secondary N) is 1. The van der Waals surface area contributed by atoms with Crippen molar-refractivity contribution in [3.05, 3.63) is 76.5 Å². The third-order valence-electron chi connectivity index (χ3n) is 4.39. The van der Waals surface area contributed by atoms with Crippen LogP contribution in [0, 0.1) is 0 Å². The monoisotopic (exact) mass is 347 g/mol. The van der Waals surface area contributed by atoms with E-state index in [9.17, 15) is 9.59 Å². The molecule has 6 nitrogen and oxygen atoms in total. The first kappa shape index (κ1) is 16.1. The molecule has 3 heterocycles. The van der Waals surface area contributed by atoms with Gasteiger partial charge in [0, 0.05) is 30.9 Å². The molecule has 1 N–H and O–H groups in total. The summed E-state index contributed by atoms with van der Waals surface area (Å²) < 4.78 is 7.24. The lowest BCUT2D eigenvalue weighted by atomic mass is 10.2. The maximum Gasteiger partial charge on any atom is 0.345 e. The second-order valence-corrected chi connectivity index (χ2v) is 5.97. The Morgan fingerprint density at radius 2 is 2.04 bits per heavy atom. The van der Waals surface area contributed by atoms with Gasteiger partial charge in [0.15, 0.2) is 0 Å². The van der Waals surface area contributed by atoms with Gasteiger partial charge in [0.05, 0.1) is 10.9 Å². The minimum absolute atomic E-state index is 0.240. The molecule has 6 heteroatoms. The van der Waals surface area contributed by atoms with Crippen LogP contribution in [-0.4, -0.2) is 15.5 Å². The predicted octanol–water partition coefficient (Wildman–Crippen LogP) is 3.09. The average Bonchev–Trinajstić information content (AvgIpc) is 3.08. The van der Waals surface area contributed by atoms with E-state index in [1.807, 2.05) is 41.8 Å². The Hall–Kier alpha value is -3.41. The summed E-state index contributed by atoms with van der Waals surface area (Å²) in [5, 5.41) is 4.12. The van der Waals surface area contributed by atoms with Gasteiger partial charge in [-0.15, -0.1) is 0 Å². The number of hydrogen-bond donors (Lipinski definition) is 1. The number of pyridine rings is 1. The average molecular weight is 347 g/mol. The SMILES string of the molecule is CCn1c(C(=O)NCc2cccnc2)cc2c(=O)oc3ccccc3c21. The van der Waals surface area contributed by atoms with Crippen LogP contribution in [-0.2, 0) is 13.1 Å². The van der Waals surface area contributed by atoms with Crippen LogP contribution >= 0.6 is 0 Å². The Balaban J connectivity index is 1.80. The smallest absolute Gasteiger partial charge is 0.345 e. The molecule has 0 unspecified atom stereocenters. The second-order valence-electron chi connectivity index (χ2n) is 5.97.